The number of sulfonamides is 1. The highest BCUT2D eigenvalue weighted by Gasteiger charge is 2.18. The van der Waals surface area contributed by atoms with Gasteiger partial charge >= 0.3 is 5.69 Å². The molecule has 0 saturated heterocycles. The highest BCUT2D eigenvalue weighted by Crippen LogP contribution is 2.33. The van der Waals surface area contributed by atoms with Crippen LogP contribution in [0, 0.1) is 0 Å². The summed E-state index contributed by atoms with van der Waals surface area (Å²) in [6, 6.07) is 10.4. The predicted octanol–water partition coefficient (Wildman–Crippen LogP) is 1.54. The van der Waals surface area contributed by atoms with Gasteiger partial charge in [-0.1, -0.05) is 18.2 Å². The van der Waals surface area contributed by atoms with Crippen LogP contribution >= 0.6 is 11.3 Å². The van der Waals surface area contributed by atoms with Gasteiger partial charge in [-0.2, -0.15) is 5.10 Å². The Hall–Kier alpha value is -2.60. The summed E-state index contributed by atoms with van der Waals surface area (Å²) in [5.41, 5.74) is 5.88. The van der Waals surface area contributed by atoms with E-state index in [0.717, 1.165) is 14.4 Å². The van der Waals surface area contributed by atoms with Gasteiger partial charge < -0.3 is 5.73 Å². The van der Waals surface area contributed by atoms with Crippen molar-refractivity contribution in [2.75, 3.05) is 13.6 Å². The quantitative estimate of drug-likeness (QED) is 0.555. The second-order valence-corrected chi connectivity index (χ2v) is 9.16. The molecule has 0 atom stereocenters. The number of nitrogens with one attached hydrogen (secondary N) is 1. The number of nitrogens with zero attached hydrogens (tertiary/aromatic N) is 3. The maximum Gasteiger partial charge on any atom is 0.346 e. The lowest BCUT2D eigenvalue weighted by atomic mass is 10.2. The molecule has 1 aromatic carbocycles. The molecule has 0 fully saturated rings. The molecule has 8 nitrogen and oxygen atoms in total. The number of thiophene rings is 1. The SMILES string of the molecule is CNS(=O)(=O)c1ccccc1-c1ccc(Cn2cnn(C/C(=C/F)CN)c2=O)s1. The lowest BCUT2D eigenvalue weighted by Gasteiger charge is -2.07. The van der Waals surface area contributed by atoms with Crippen LogP contribution < -0.4 is 16.1 Å². The number of rotatable bonds is 8. The van der Waals surface area contributed by atoms with Crippen LogP contribution in [0.25, 0.3) is 10.4 Å². The monoisotopic (exact) mass is 437 g/mol. The summed E-state index contributed by atoms with van der Waals surface area (Å²) in [7, 11) is -2.24. The van der Waals surface area contributed by atoms with Crippen molar-refractivity contribution in [3.63, 3.8) is 0 Å². The van der Waals surface area contributed by atoms with Crippen molar-refractivity contribution in [2.24, 2.45) is 5.73 Å². The van der Waals surface area contributed by atoms with Crippen molar-refractivity contribution in [1.29, 1.82) is 0 Å². The van der Waals surface area contributed by atoms with Gasteiger partial charge in [0, 0.05) is 21.9 Å². The minimum Gasteiger partial charge on any atom is -0.327 e. The van der Waals surface area contributed by atoms with Gasteiger partial charge in [-0.05, 0) is 30.8 Å². The molecule has 2 heterocycles. The topological polar surface area (TPSA) is 112 Å². The van der Waals surface area contributed by atoms with E-state index in [1.807, 2.05) is 12.1 Å². The van der Waals surface area contributed by atoms with Gasteiger partial charge in [0.05, 0.1) is 24.3 Å². The Bertz CT molecular complexity index is 1190. The molecule has 0 spiro atoms. The highest BCUT2D eigenvalue weighted by molar-refractivity contribution is 7.89. The molecule has 0 bridgehead atoms. The molecular weight excluding hydrogens is 417 g/mol. The normalized spacial score (nSPS) is 12.4. The first-order valence-electron chi connectivity index (χ1n) is 8.61. The van der Waals surface area contributed by atoms with Gasteiger partial charge in [-0.25, -0.2) is 27.0 Å². The third-order valence-electron chi connectivity index (χ3n) is 4.26. The fourth-order valence-electron chi connectivity index (χ4n) is 2.71. The summed E-state index contributed by atoms with van der Waals surface area (Å²) in [6.07, 6.45) is 1.77. The van der Waals surface area contributed by atoms with Crippen molar-refractivity contribution in [1.82, 2.24) is 19.1 Å². The van der Waals surface area contributed by atoms with E-state index >= 15 is 0 Å². The van der Waals surface area contributed by atoms with Crippen LogP contribution in [0.5, 0.6) is 0 Å². The zero-order valence-electron chi connectivity index (χ0n) is 15.6. The molecule has 0 unspecified atom stereocenters. The van der Waals surface area contributed by atoms with Crippen molar-refractivity contribution in [3.05, 3.63) is 70.0 Å². The smallest absolute Gasteiger partial charge is 0.327 e. The molecule has 3 aromatic rings. The molecule has 3 rings (SSSR count). The van der Waals surface area contributed by atoms with Gasteiger partial charge in [-0.3, -0.25) is 4.57 Å². The molecule has 0 saturated carbocycles. The summed E-state index contributed by atoms with van der Waals surface area (Å²) >= 11 is 1.38. The first kappa shape index (κ1) is 21.1. The lowest BCUT2D eigenvalue weighted by molar-refractivity contribution is 0.588. The maximum absolute atomic E-state index is 12.7. The zero-order chi connectivity index (χ0) is 21.0. The Morgan fingerprint density at radius 3 is 2.76 bits per heavy atom. The van der Waals surface area contributed by atoms with E-state index in [9.17, 15) is 17.6 Å². The molecule has 29 heavy (non-hydrogen) atoms. The van der Waals surface area contributed by atoms with Gasteiger partial charge in [-0.15, -0.1) is 11.3 Å². The molecule has 0 amide bonds. The molecule has 3 N–H and O–H groups in total. The van der Waals surface area contributed by atoms with Crippen molar-refractivity contribution >= 4 is 21.4 Å². The summed E-state index contributed by atoms with van der Waals surface area (Å²) in [4.78, 5) is 14.2. The van der Waals surface area contributed by atoms with Crippen molar-refractivity contribution in [3.8, 4) is 10.4 Å². The Morgan fingerprint density at radius 1 is 1.31 bits per heavy atom. The molecule has 2 aromatic heterocycles. The zero-order valence-corrected chi connectivity index (χ0v) is 17.2. The fraction of sp³-hybridized carbons (Fsp3) is 0.222. The molecule has 154 valence electrons. The Balaban J connectivity index is 1.87. The summed E-state index contributed by atoms with van der Waals surface area (Å²) in [5, 5.41) is 3.99. The molecule has 0 radical (unpaired) electrons. The van der Waals surface area contributed by atoms with Crippen LogP contribution in [0.4, 0.5) is 4.39 Å². The second-order valence-electron chi connectivity index (χ2n) is 6.14. The number of hydrogen-bond donors (Lipinski definition) is 2. The predicted molar refractivity (Wildman–Crippen MR) is 110 cm³/mol. The summed E-state index contributed by atoms with van der Waals surface area (Å²) in [6.45, 7) is 0.255. The second kappa shape index (κ2) is 8.82. The van der Waals surface area contributed by atoms with Crippen LogP contribution in [0.1, 0.15) is 4.88 Å². The largest absolute Gasteiger partial charge is 0.346 e. The number of halogens is 1. The van der Waals surface area contributed by atoms with Crippen LogP contribution in [-0.2, 0) is 23.1 Å². The first-order valence-corrected chi connectivity index (χ1v) is 10.9. The molecule has 0 aliphatic rings. The maximum atomic E-state index is 12.7. The first-order chi connectivity index (χ1) is 13.9. The third kappa shape index (κ3) is 4.53. The van der Waals surface area contributed by atoms with Gasteiger partial charge in [0.2, 0.25) is 10.0 Å². The molecule has 11 heteroatoms. The number of aromatic nitrogens is 3. The minimum atomic E-state index is -3.60. The van der Waals surface area contributed by atoms with E-state index in [1.165, 1.54) is 29.3 Å². The van der Waals surface area contributed by atoms with Crippen LogP contribution in [0.2, 0.25) is 0 Å². The van der Waals surface area contributed by atoms with E-state index in [-0.39, 0.29) is 35.8 Å². The van der Waals surface area contributed by atoms with Crippen LogP contribution in [0.15, 0.2) is 64.3 Å². The Labute approximate surface area is 171 Å². The van der Waals surface area contributed by atoms with E-state index in [4.69, 9.17) is 5.73 Å². The van der Waals surface area contributed by atoms with E-state index in [1.54, 1.807) is 24.3 Å². The molecule has 0 aliphatic heterocycles. The highest BCUT2D eigenvalue weighted by atomic mass is 32.2. The number of benzene rings is 1. The summed E-state index contributed by atoms with van der Waals surface area (Å²) < 4.78 is 42.1. The van der Waals surface area contributed by atoms with Gasteiger partial charge in [0.15, 0.2) is 0 Å². The van der Waals surface area contributed by atoms with Crippen molar-refractivity contribution in [2.45, 2.75) is 18.0 Å². The average Bonchev–Trinajstić information content (AvgIpc) is 3.34. The van der Waals surface area contributed by atoms with Gasteiger partial charge in [0.1, 0.15) is 6.33 Å². The Kier molecular flexibility index (Phi) is 6.42. The van der Waals surface area contributed by atoms with E-state index < -0.39 is 10.0 Å². The average molecular weight is 438 g/mol. The van der Waals surface area contributed by atoms with Crippen molar-refractivity contribution < 1.29 is 12.8 Å². The Morgan fingerprint density at radius 2 is 2.07 bits per heavy atom. The summed E-state index contributed by atoms with van der Waals surface area (Å²) in [5.74, 6) is 0. The van der Waals surface area contributed by atoms with E-state index in [2.05, 4.69) is 9.82 Å². The molecular formula is C18H20FN5O3S2. The standard InChI is InChI=1S/C18H20FN5O3S2/c1-21-29(26,27)17-5-3-2-4-15(17)16-7-6-14(28-16)11-23-12-22-24(18(23)25)10-13(8-19)9-20/h2-8,12,21H,9-11,20H2,1H3/b13-8+. The molecule has 0 aliphatic carbocycles. The van der Waals surface area contributed by atoms with E-state index in [0.29, 0.717) is 11.9 Å². The van der Waals surface area contributed by atoms with Crippen LogP contribution in [-0.4, -0.2) is 36.4 Å². The number of hydrogen-bond acceptors (Lipinski definition) is 6. The fourth-order valence-corrected chi connectivity index (χ4v) is 4.77. The van der Waals surface area contributed by atoms with Crippen LogP contribution in [0.3, 0.4) is 0 Å². The lowest BCUT2D eigenvalue weighted by Crippen LogP contribution is -2.26. The third-order valence-corrected chi connectivity index (χ3v) is 6.84. The minimum absolute atomic E-state index is 0.000974. The number of nitrogens with two attached hydrogens (primary N) is 1. The van der Waals surface area contributed by atoms with Gasteiger partial charge in [0.25, 0.3) is 0 Å².